The zero-order valence-electron chi connectivity index (χ0n) is 22.1. The molecule has 0 saturated carbocycles. The van der Waals surface area contributed by atoms with Gasteiger partial charge in [-0.05, 0) is 61.4 Å². The van der Waals surface area contributed by atoms with Crippen molar-refractivity contribution in [1.82, 2.24) is 19.7 Å². The van der Waals surface area contributed by atoms with E-state index in [1.807, 2.05) is 30.3 Å². The predicted molar refractivity (Wildman–Crippen MR) is 151 cm³/mol. The Balaban J connectivity index is 1.87. The number of nitrogens with zero attached hydrogens (tertiary/aromatic N) is 5. The van der Waals surface area contributed by atoms with E-state index in [0.717, 1.165) is 4.31 Å². The van der Waals surface area contributed by atoms with E-state index in [9.17, 15) is 18.3 Å². The van der Waals surface area contributed by atoms with Crippen molar-refractivity contribution in [2.75, 3.05) is 11.4 Å². The Hall–Kier alpha value is -4.77. The summed E-state index contributed by atoms with van der Waals surface area (Å²) in [7, 11) is -2.81. The average molecular weight is 558 g/mol. The van der Waals surface area contributed by atoms with Gasteiger partial charge in [0.15, 0.2) is 5.65 Å². The molecule has 3 heterocycles. The summed E-state index contributed by atoms with van der Waals surface area (Å²) >= 11 is 0. The number of fused-ring (bicyclic) bond motifs is 1. The number of ether oxygens (including phenoxy) is 1. The van der Waals surface area contributed by atoms with Crippen LogP contribution in [0.5, 0.6) is 5.75 Å². The maximum atomic E-state index is 14.4. The number of methoxy groups -OCH3 is 1. The van der Waals surface area contributed by atoms with Crippen molar-refractivity contribution in [2.45, 2.75) is 31.7 Å². The van der Waals surface area contributed by atoms with Gasteiger partial charge in [-0.1, -0.05) is 31.2 Å². The SMILES string of the molecule is CCc1nc2c(c(C)nn2-c2ccccc2)c(N(Cc2cccnc2)S(=O)(=O)c2ccc(OC)cc2)c1C(=O)O. The molecule has 5 aromatic rings. The second-order valence-corrected chi connectivity index (χ2v) is 10.9. The lowest BCUT2D eigenvalue weighted by Gasteiger charge is -2.27. The lowest BCUT2D eigenvalue weighted by atomic mass is 10.0. The molecule has 0 saturated heterocycles. The highest BCUT2D eigenvalue weighted by molar-refractivity contribution is 7.92. The summed E-state index contributed by atoms with van der Waals surface area (Å²) in [5.41, 5.74) is 2.15. The Bertz CT molecular complexity index is 1790. The van der Waals surface area contributed by atoms with Crippen molar-refractivity contribution in [2.24, 2.45) is 0 Å². The number of hydrogen-bond acceptors (Lipinski definition) is 7. The minimum Gasteiger partial charge on any atom is -0.497 e. The highest BCUT2D eigenvalue weighted by Crippen LogP contribution is 2.39. The number of aromatic nitrogens is 4. The zero-order chi connectivity index (χ0) is 28.4. The number of aromatic carboxylic acids is 1. The third-order valence-corrected chi connectivity index (χ3v) is 8.29. The molecule has 0 amide bonds. The second kappa shape index (κ2) is 10.8. The number of carboxylic acids is 1. The first-order valence-corrected chi connectivity index (χ1v) is 14.0. The van der Waals surface area contributed by atoms with Gasteiger partial charge in [0.1, 0.15) is 11.3 Å². The summed E-state index contributed by atoms with van der Waals surface area (Å²) < 4.78 is 36.7. The number of para-hydroxylation sites is 1. The Morgan fingerprint density at radius 1 is 1.05 bits per heavy atom. The van der Waals surface area contributed by atoms with E-state index in [-0.39, 0.29) is 34.8 Å². The lowest BCUT2D eigenvalue weighted by Crippen LogP contribution is -2.33. The third-order valence-electron chi connectivity index (χ3n) is 6.53. The molecule has 5 rings (SSSR count). The van der Waals surface area contributed by atoms with Crippen LogP contribution in [0.4, 0.5) is 5.69 Å². The van der Waals surface area contributed by atoms with Gasteiger partial charge >= 0.3 is 5.97 Å². The third kappa shape index (κ3) is 4.75. The van der Waals surface area contributed by atoms with Crippen LogP contribution >= 0.6 is 0 Å². The number of carboxylic acid groups (broad SMARTS) is 1. The first-order chi connectivity index (χ1) is 19.3. The van der Waals surface area contributed by atoms with Crippen LogP contribution in [-0.4, -0.2) is 46.4 Å². The van der Waals surface area contributed by atoms with Crippen LogP contribution in [0.25, 0.3) is 16.7 Å². The van der Waals surface area contributed by atoms with E-state index >= 15 is 0 Å². The molecule has 40 heavy (non-hydrogen) atoms. The van der Waals surface area contributed by atoms with Gasteiger partial charge in [0.05, 0.1) is 46.7 Å². The zero-order valence-corrected chi connectivity index (χ0v) is 23.0. The number of aryl methyl sites for hydroxylation is 2. The molecular formula is C29H27N5O5S. The molecule has 0 unspecified atom stereocenters. The molecule has 0 atom stereocenters. The number of hydrogen-bond donors (Lipinski definition) is 1. The van der Waals surface area contributed by atoms with Crippen molar-refractivity contribution in [1.29, 1.82) is 0 Å². The number of carbonyl (C=O) groups is 1. The largest absolute Gasteiger partial charge is 0.497 e. The van der Waals surface area contributed by atoms with Crippen LogP contribution in [-0.2, 0) is 23.0 Å². The fourth-order valence-electron chi connectivity index (χ4n) is 4.64. The Morgan fingerprint density at radius 3 is 2.38 bits per heavy atom. The quantitative estimate of drug-likeness (QED) is 0.274. The molecule has 0 radical (unpaired) electrons. The van der Waals surface area contributed by atoms with Crippen LogP contribution in [0.2, 0.25) is 0 Å². The fourth-order valence-corrected chi connectivity index (χ4v) is 6.11. The Labute approximate surface area is 231 Å². The summed E-state index contributed by atoms with van der Waals surface area (Å²) in [6.07, 6.45) is 3.39. The van der Waals surface area contributed by atoms with Gasteiger partial charge in [-0.2, -0.15) is 5.10 Å². The van der Waals surface area contributed by atoms with Crippen LogP contribution in [0, 0.1) is 6.92 Å². The van der Waals surface area contributed by atoms with Gasteiger partial charge in [0.25, 0.3) is 10.0 Å². The molecule has 2 aromatic carbocycles. The predicted octanol–water partition coefficient (Wildman–Crippen LogP) is 4.79. The van der Waals surface area contributed by atoms with Gasteiger partial charge in [0.2, 0.25) is 0 Å². The summed E-state index contributed by atoms with van der Waals surface area (Å²) in [4.78, 5) is 21.6. The van der Waals surface area contributed by atoms with Gasteiger partial charge in [-0.15, -0.1) is 0 Å². The Morgan fingerprint density at radius 2 is 1.77 bits per heavy atom. The molecule has 0 aliphatic heterocycles. The highest BCUT2D eigenvalue weighted by atomic mass is 32.2. The molecule has 0 aliphatic carbocycles. The molecule has 1 N–H and O–H groups in total. The topological polar surface area (TPSA) is 128 Å². The molecule has 0 bridgehead atoms. The first-order valence-electron chi connectivity index (χ1n) is 12.5. The smallest absolute Gasteiger partial charge is 0.339 e. The van der Waals surface area contributed by atoms with Crippen LogP contribution in [0.1, 0.15) is 34.2 Å². The standard InChI is InChI=1S/C29H27N5O5S/c1-4-24-26(29(35)36)27(25-19(2)32-34(28(25)31-24)21-10-6-5-7-11-21)33(18-20-9-8-16-30-17-20)40(37,38)23-14-12-22(39-3)13-15-23/h5-17H,4,18H2,1-3H3,(H,35,36). The number of benzene rings is 2. The molecule has 10 nitrogen and oxygen atoms in total. The summed E-state index contributed by atoms with van der Waals surface area (Å²) in [5.74, 6) is -0.794. The van der Waals surface area contributed by atoms with Crippen LogP contribution in [0.15, 0.2) is 84.0 Å². The van der Waals surface area contributed by atoms with E-state index in [2.05, 4.69) is 10.1 Å². The van der Waals surface area contributed by atoms with E-state index in [1.165, 1.54) is 19.2 Å². The van der Waals surface area contributed by atoms with Crippen molar-refractivity contribution in [3.05, 3.63) is 102 Å². The molecular weight excluding hydrogens is 530 g/mol. The van der Waals surface area contributed by atoms with Gasteiger partial charge in [-0.3, -0.25) is 9.29 Å². The summed E-state index contributed by atoms with van der Waals surface area (Å²) in [6.45, 7) is 3.33. The van der Waals surface area contributed by atoms with E-state index < -0.39 is 16.0 Å². The molecule has 204 valence electrons. The summed E-state index contributed by atoms with van der Waals surface area (Å²) in [5, 5.41) is 15.5. The number of rotatable bonds is 9. The van der Waals surface area contributed by atoms with Crippen LogP contribution < -0.4 is 9.04 Å². The maximum absolute atomic E-state index is 14.4. The molecule has 0 spiro atoms. The van der Waals surface area contributed by atoms with Crippen LogP contribution in [0.3, 0.4) is 0 Å². The van der Waals surface area contributed by atoms with Crippen molar-refractivity contribution in [3.63, 3.8) is 0 Å². The second-order valence-electron chi connectivity index (χ2n) is 9.02. The minimum atomic E-state index is -4.30. The van der Waals surface area contributed by atoms with Gasteiger partial charge in [-0.25, -0.2) is 22.9 Å². The van der Waals surface area contributed by atoms with Gasteiger partial charge in [0, 0.05) is 12.4 Å². The van der Waals surface area contributed by atoms with Crippen molar-refractivity contribution in [3.8, 4) is 11.4 Å². The summed E-state index contributed by atoms with van der Waals surface area (Å²) in [6, 6.07) is 18.7. The molecule has 0 fully saturated rings. The monoisotopic (exact) mass is 557 g/mol. The minimum absolute atomic E-state index is 0.00806. The molecule has 0 aliphatic rings. The molecule has 11 heteroatoms. The normalized spacial score (nSPS) is 11.5. The van der Waals surface area contributed by atoms with E-state index in [4.69, 9.17) is 9.72 Å². The number of sulfonamides is 1. The first kappa shape index (κ1) is 26.8. The number of anilines is 1. The van der Waals surface area contributed by atoms with Crippen molar-refractivity contribution >= 4 is 32.7 Å². The van der Waals surface area contributed by atoms with Gasteiger partial charge < -0.3 is 9.84 Å². The fraction of sp³-hybridized carbons (Fsp3) is 0.172. The lowest BCUT2D eigenvalue weighted by molar-refractivity contribution is 0.0696. The van der Waals surface area contributed by atoms with E-state index in [1.54, 1.807) is 55.2 Å². The van der Waals surface area contributed by atoms with Crippen molar-refractivity contribution < 1.29 is 23.1 Å². The van der Waals surface area contributed by atoms with E-state index in [0.29, 0.717) is 33.7 Å². The maximum Gasteiger partial charge on any atom is 0.339 e. The molecule has 3 aromatic heterocycles. The average Bonchev–Trinajstić information content (AvgIpc) is 3.31. The number of pyridine rings is 2. The Kier molecular flexibility index (Phi) is 7.22. The highest BCUT2D eigenvalue weighted by Gasteiger charge is 2.34.